The van der Waals surface area contributed by atoms with E-state index in [1.807, 2.05) is 13.8 Å². The third-order valence-corrected chi connectivity index (χ3v) is 1.86. The van der Waals surface area contributed by atoms with Gasteiger partial charge >= 0.3 is 0 Å². The molecular formula is C12H14N2O2. The van der Waals surface area contributed by atoms with E-state index in [-0.39, 0.29) is 5.91 Å². The molecule has 0 unspecified atom stereocenters. The van der Waals surface area contributed by atoms with E-state index in [4.69, 9.17) is 5.73 Å². The van der Waals surface area contributed by atoms with Gasteiger partial charge in [-0.25, -0.2) is 0 Å². The monoisotopic (exact) mass is 218 g/mol. The lowest BCUT2D eigenvalue weighted by Crippen LogP contribution is -2.12. The summed E-state index contributed by atoms with van der Waals surface area (Å²) in [5.74, 6) is -0.672. The molecule has 0 aliphatic rings. The zero-order valence-electron chi connectivity index (χ0n) is 9.28. The van der Waals surface area contributed by atoms with Gasteiger partial charge in [0.1, 0.15) is 0 Å². The van der Waals surface area contributed by atoms with Gasteiger partial charge in [-0.15, -0.1) is 0 Å². The van der Waals surface area contributed by atoms with Crippen molar-refractivity contribution in [1.82, 2.24) is 0 Å². The van der Waals surface area contributed by atoms with E-state index in [0.29, 0.717) is 11.3 Å². The summed E-state index contributed by atoms with van der Waals surface area (Å²) < 4.78 is 0. The highest BCUT2D eigenvalue weighted by Gasteiger charge is 2.01. The minimum absolute atomic E-state index is 0.188. The highest BCUT2D eigenvalue weighted by Crippen LogP contribution is 2.09. The molecule has 0 fully saturated rings. The summed E-state index contributed by atoms with van der Waals surface area (Å²) in [5, 5.41) is 2.67. The first-order chi connectivity index (χ1) is 7.49. The molecule has 0 radical (unpaired) electrons. The number of rotatable bonds is 3. The molecule has 4 nitrogen and oxygen atoms in total. The molecule has 2 amide bonds. The highest BCUT2D eigenvalue weighted by atomic mass is 16.1. The molecule has 0 spiro atoms. The molecule has 0 heterocycles. The Balaban J connectivity index is 2.73. The van der Waals surface area contributed by atoms with Crippen molar-refractivity contribution in [3.8, 4) is 0 Å². The molecule has 0 aromatic heterocycles. The Bertz CT molecular complexity index is 429. The van der Waals surface area contributed by atoms with Crippen LogP contribution in [0.2, 0.25) is 0 Å². The number of carbonyl (C=O) groups excluding carboxylic acids is 2. The van der Waals surface area contributed by atoms with Crippen molar-refractivity contribution in [2.24, 2.45) is 5.73 Å². The summed E-state index contributed by atoms with van der Waals surface area (Å²) in [5.41, 5.74) is 7.07. The molecule has 84 valence electrons. The number of nitrogens with one attached hydrogen (secondary N) is 1. The Labute approximate surface area is 94.1 Å². The third-order valence-electron chi connectivity index (χ3n) is 1.86. The van der Waals surface area contributed by atoms with Crippen LogP contribution in [-0.2, 0) is 4.79 Å². The van der Waals surface area contributed by atoms with Gasteiger partial charge in [-0.2, -0.15) is 0 Å². The molecule has 0 atom stereocenters. The Kier molecular flexibility index (Phi) is 3.83. The van der Waals surface area contributed by atoms with E-state index in [0.717, 1.165) is 5.57 Å². The van der Waals surface area contributed by atoms with Crippen LogP contribution in [0.3, 0.4) is 0 Å². The fraction of sp³-hybridized carbons (Fsp3) is 0.167. The van der Waals surface area contributed by atoms with Gasteiger partial charge in [-0.3, -0.25) is 9.59 Å². The molecule has 0 aliphatic carbocycles. The SMILES string of the molecule is CC(C)=CC(=O)Nc1ccc(C(N)=O)cc1. The van der Waals surface area contributed by atoms with Crippen molar-refractivity contribution in [1.29, 1.82) is 0 Å². The minimum atomic E-state index is -0.484. The maximum atomic E-state index is 11.4. The number of nitrogens with two attached hydrogens (primary N) is 1. The van der Waals surface area contributed by atoms with Crippen LogP contribution < -0.4 is 11.1 Å². The third kappa shape index (κ3) is 3.57. The van der Waals surface area contributed by atoms with Gasteiger partial charge in [-0.05, 0) is 38.1 Å². The van der Waals surface area contributed by atoms with Crippen molar-refractivity contribution in [2.75, 3.05) is 5.32 Å². The van der Waals surface area contributed by atoms with Gasteiger partial charge in [0.2, 0.25) is 11.8 Å². The van der Waals surface area contributed by atoms with Gasteiger partial charge < -0.3 is 11.1 Å². The Morgan fingerprint density at radius 2 is 1.75 bits per heavy atom. The summed E-state index contributed by atoms with van der Waals surface area (Å²) in [6.45, 7) is 3.69. The summed E-state index contributed by atoms with van der Waals surface area (Å²) in [4.78, 5) is 22.2. The molecule has 0 aliphatic heterocycles. The molecule has 0 bridgehead atoms. The van der Waals surface area contributed by atoms with Crippen LogP contribution in [0, 0.1) is 0 Å². The molecule has 1 aromatic rings. The number of benzene rings is 1. The number of amides is 2. The first kappa shape index (κ1) is 12.0. The van der Waals surface area contributed by atoms with E-state index >= 15 is 0 Å². The fourth-order valence-corrected chi connectivity index (χ4v) is 1.16. The van der Waals surface area contributed by atoms with E-state index in [2.05, 4.69) is 5.32 Å². The minimum Gasteiger partial charge on any atom is -0.366 e. The highest BCUT2D eigenvalue weighted by molar-refractivity contribution is 6.00. The Morgan fingerprint density at radius 1 is 1.19 bits per heavy atom. The zero-order valence-corrected chi connectivity index (χ0v) is 9.28. The van der Waals surface area contributed by atoms with Gasteiger partial charge in [-0.1, -0.05) is 5.57 Å². The molecule has 3 N–H and O–H groups in total. The average molecular weight is 218 g/mol. The normalized spacial score (nSPS) is 9.38. The van der Waals surface area contributed by atoms with Crippen LogP contribution in [0.15, 0.2) is 35.9 Å². The standard InChI is InChI=1S/C12H14N2O2/c1-8(2)7-11(15)14-10-5-3-9(4-6-10)12(13)16/h3-7H,1-2H3,(H2,13,16)(H,14,15). The lowest BCUT2D eigenvalue weighted by atomic mass is 10.2. The summed E-state index contributed by atoms with van der Waals surface area (Å²) in [7, 11) is 0. The number of allylic oxidation sites excluding steroid dienone is 1. The second kappa shape index (κ2) is 5.11. The number of primary amides is 1. The fourth-order valence-electron chi connectivity index (χ4n) is 1.16. The van der Waals surface area contributed by atoms with Gasteiger partial charge in [0.15, 0.2) is 0 Å². The molecule has 0 saturated carbocycles. The average Bonchev–Trinajstić information content (AvgIpc) is 2.16. The number of hydrogen-bond donors (Lipinski definition) is 2. The van der Waals surface area contributed by atoms with Crippen LogP contribution in [-0.4, -0.2) is 11.8 Å². The Morgan fingerprint density at radius 3 is 2.19 bits per heavy atom. The van der Waals surface area contributed by atoms with Crippen LogP contribution in [0.4, 0.5) is 5.69 Å². The van der Waals surface area contributed by atoms with Crippen LogP contribution in [0.5, 0.6) is 0 Å². The van der Waals surface area contributed by atoms with Crippen molar-refractivity contribution in [3.63, 3.8) is 0 Å². The Hall–Kier alpha value is -2.10. The van der Waals surface area contributed by atoms with Gasteiger partial charge in [0, 0.05) is 17.3 Å². The molecule has 16 heavy (non-hydrogen) atoms. The first-order valence-electron chi connectivity index (χ1n) is 4.85. The van der Waals surface area contributed by atoms with Crippen molar-refractivity contribution in [2.45, 2.75) is 13.8 Å². The van der Waals surface area contributed by atoms with E-state index in [1.165, 1.54) is 6.08 Å². The molecule has 1 aromatic carbocycles. The number of carbonyl (C=O) groups is 2. The van der Waals surface area contributed by atoms with Crippen LogP contribution in [0.25, 0.3) is 0 Å². The van der Waals surface area contributed by atoms with Crippen molar-refractivity contribution < 1.29 is 9.59 Å². The second-order valence-electron chi connectivity index (χ2n) is 3.65. The summed E-state index contributed by atoms with van der Waals surface area (Å²) in [6.07, 6.45) is 1.50. The second-order valence-corrected chi connectivity index (χ2v) is 3.65. The molecular weight excluding hydrogens is 204 g/mol. The molecule has 1 rings (SSSR count). The van der Waals surface area contributed by atoms with Crippen molar-refractivity contribution >= 4 is 17.5 Å². The maximum Gasteiger partial charge on any atom is 0.248 e. The lowest BCUT2D eigenvalue weighted by Gasteiger charge is -2.03. The smallest absolute Gasteiger partial charge is 0.248 e. The number of anilines is 1. The molecule has 0 saturated heterocycles. The predicted octanol–water partition coefficient (Wildman–Crippen LogP) is 1.69. The summed E-state index contributed by atoms with van der Waals surface area (Å²) in [6, 6.07) is 6.41. The molecule has 4 heteroatoms. The largest absolute Gasteiger partial charge is 0.366 e. The van der Waals surface area contributed by atoms with Crippen LogP contribution >= 0.6 is 0 Å². The first-order valence-corrected chi connectivity index (χ1v) is 4.85. The predicted molar refractivity (Wildman–Crippen MR) is 63.0 cm³/mol. The maximum absolute atomic E-state index is 11.4. The van der Waals surface area contributed by atoms with E-state index < -0.39 is 5.91 Å². The van der Waals surface area contributed by atoms with Gasteiger partial charge in [0.05, 0.1) is 0 Å². The van der Waals surface area contributed by atoms with Crippen LogP contribution in [0.1, 0.15) is 24.2 Å². The lowest BCUT2D eigenvalue weighted by molar-refractivity contribution is -0.111. The number of hydrogen-bond acceptors (Lipinski definition) is 2. The topological polar surface area (TPSA) is 72.2 Å². The van der Waals surface area contributed by atoms with E-state index in [1.54, 1.807) is 24.3 Å². The quantitative estimate of drug-likeness (QED) is 0.758. The zero-order chi connectivity index (χ0) is 12.1. The van der Waals surface area contributed by atoms with Crippen molar-refractivity contribution in [3.05, 3.63) is 41.5 Å². The van der Waals surface area contributed by atoms with E-state index in [9.17, 15) is 9.59 Å². The summed E-state index contributed by atoms with van der Waals surface area (Å²) >= 11 is 0. The van der Waals surface area contributed by atoms with Gasteiger partial charge in [0.25, 0.3) is 0 Å².